The molecule has 0 amide bonds. The lowest BCUT2D eigenvalue weighted by Crippen LogP contribution is -2.36. The predicted molar refractivity (Wildman–Crippen MR) is 67.6 cm³/mol. The summed E-state index contributed by atoms with van der Waals surface area (Å²) in [4.78, 5) is 6.28. The van der Waals surface area contributed by atoms with Gasteiger partial charge in [-0.2, -0.15) is 0 Å². The van der Waals surface area contributed by atoms with Crippen molar-refractivity contribution in [3.05, 3.63) is 24.1 Å². The van der Waals surface area contributed by atoms with Gasteiger partial charge in [-0.05, 0) is 25.0 Å². The molecule has 16 heavy (non-hydrogen) atoms. The number of aromatic nitrogens is 1. The van der Waals surface area contributed by atoms with Crippen molar-refractivity contribution in [2.45, 2.75) is 31.7 Å². The van der Waals surface area contributed by atoms with E-state index in [9.17, 15) is 4.39 Å². The van der Waals surface area contributed by atoms with Crippen molar-refractivity contribution in [2.24, 2.45) is 0 Å². The van der Waals surface area contributed by atoms with E-state index in [1.54, 1.807) is 12.3 Å². The third-order valence-corrected chi connectivity index (χ3v) is 3.46. The molecule has 1 aromatic heterocycles. The Morgan fingerprint density at radius 2 is 2.19 bits per heavy atom. The van der Waals surface area contributed by atoms with Crippen LogP contribution in [0.25, 0.3) is 0 Å². The lowest BCUT2D eigenvalue weighted by molar-refractivity contribution is 0.570. The number of rotatable bonds is 4. The number of pyridine rings is 1. The molecular weight excluding hydrogens is 271 g/mol. The molecule has 2 nitrogen and oxygen atoms in total. The molecule has 0 spiro atoms. The third kappa shape index (κ3) is 2.54. The van der Waals surface area contributed by atoms with Crippen LogP contribution in [0.2, 0.25) is 0 Å². The molecule has 1 aliphatic carbocycles. The Labute approximate surface area is 104 Å². The van der Waals surface area contributed by atoms with Gasteiger partial charge in [0.15, 0.2) is 11.6 Å². The second-order valence-corrected chi connectivity index (χ2v) is 4.92. The summed E-state index contributed by atoms with van der Waals surface area (Å²) < 4.78 is 13.7. The first-order valence-electron chi connectivity index (χ1n) is 5.76. The zero-order valence-electron chi connectivity index (χ0n) is 9.20. The van der Waals surface area contributed by atoms with Gasteiger partial charge in [0.2, 0.25) is 0 Å². The Morgan fingerprint density at radius 1 is 1.44 bits per heavy atom. The van der Waals surface area contributed by atoms with E-state index in [0.717, 1.165) is 24.7 Å². The van der Waals surface area contributed by atoms with E-state index < -0.39 is 0 Å². The average Bonchev–Trinajstić information content (AvgIpc) is 2.80. The topological polar surface area (TPSA) is 16.1 Å². The maximum atomic E-state index is 13.7. The molecule has 0 bridgehead atoms. The van der Waals surface area contributed by atoms with Gasteiger partial charge in [0.25, 0.3) is 0 Å². The van der Waals surface area contributed by atoms with Gasteiger partial charge in [0.05, 0.1) is 0 Å². The molecule has 1 heterocycles. The second-order valence-electron chi connectivity index (χ2n) is 4.13. The summed E-state index contributed by atoms with van der Waals surface area (Å²) in [5.41, 5.74) is 0. The van der Waals surface area contributed by atoms with E-state index in [4.69, 9.17) is 0 Å². The maximum absolute atomic E-state index is 13.7. The SMILES string of the molecule is Fc1cccnc1N(CCBr)C1CCCC1. The van der Waals surface area contributed by atoms with Crippen LogP contribution in [0.4, 0.5) is 10.2 Å². The summed E-state index contributed by atoms with van der Waals surface area (Å²) in [6.45, 7) is 0.818. The fourth-order valence-corrected chi connectivity index (χ4v) is 2.74. The van der Waals surface area contributed by atoms with Crippen LogP contribution in [0.5, 0.6) is 0 Å². The fraction of sp³-hybridized carbons (Fsp3) is 0.583. The molecule has 2 rings (SSSR count). The first-order valence-corrected chi connectivity index (χ1v) is 6.88. The van der Waals surface area contributed by atoms with Crippen molar-refractivity contribution < 1.29 is 4.39 Å². The third-order valence-electron chi connectivity index (χ3n) is 3.10. The van der Waals surface area contributed by atoms with Crippen LogP contribution < -0.4 is 4.90 Å². The highest BCUT2D eigenvalue weighted by Gasteiger charge is 2.24. The van der Waals surface area contributed by atoms with Gasteiger partial charge in [-0.25, -0.2) is 9.37 Å². The second kappa shape index (κ2) is 5.62. The minimum absolute atomic E-state index is 0.213. The molecule has 0 atom stereocenters. The van der Waals surface area contributed by atoms with Gasteiger partial charge < -0.3 is 4.90 Å². The Balaban J connectivity index is 2.21. The molecule has 1 aromatic rings. The summed E-state index contributed by atoms with van der Waals surface area (Å²) in [7, 11) is 0. The van der Waals surface area contributed by atoms with Crippen molar-refractivity contribution in [3.63, 3.8) is 0 Å². The summed E-state index contributed by atoms with van der Waals surface area (Å²) in [5, 5.41) is 0.847. The molecule has 0 unspecified atom stereocenters. The highest BCUT2D eigenvalue weighted by atomic mass is 79.9. The first-order chi connectivity index (χ1) is 7.83. The van der Waals surface area contributed by atoms with Crippen LogP contribution in [-0.4, -0.2) is 22.9 Å². The minimum Gasteiger partial charge on any atom is -0.350 e. The smallest absolute Gasteiger partial charge is 0.165 e. The molecule has 0 aromatic carbocycles. The predicted octanol–water partition coefficient (Wildman–Crippen LogP) is 3.36. The van der Waals surface area contributed by atoms with E-state index in [0.29, 0.717) is 11.9 Å². The van der Waals surface area contributed by atoms with E-state index in [1.165, 1.54) is 18.9 Å². The summed E-state index contributed by atoms with van der Waals surface area (Å²) in [5.74, 6) is 0.296. The molecule has 1 saturated carbocycles. The van der Waals surface area contributed by atoms with Crippen molar-refractivity contribution in [1.29, 1.82) is 0 Å². The first kappa shape index (κ1) is 11.8. The average molecular weight is 287 g/mol. The van der Waals surface area contributed by atoms with Crippen LogP contribution in [-0.2, 0) is 0 Å². The number of hydrogen-bond acceptors (Lipinski definition) is 2. The van der Waals surface area contributed by atoms with E-state index in [-0.39, 0.29) is 5.82 Å². The Kier molecular flexibility index (Phi) is 4.16. The molecule has 1 aliphatic rings. The standard InChI is InChI=1S/C12H16BrFN2/c13-7-9-16(10-4-1-2-5-10)12-11(14)6-3-8-15-12/h3,6,8,10H,1-2,4-5,7,9H2. The number of nitrogens with zero attached hydrogens (tertiary/aromatic N) is 2. The summed E-state index contributed by atoms with van der Waals surface area (Å²) in [6.07, 6.45) is 6.47. The lowest BCUT2D eigenvalue weighted by Gasteiger charge is -2.29. The molecular formula is C12H16BrFN2. The molecule has 0 N–H and O–H groups in total. The van der Waals surface area contributed by atoms with Crippen molar-refractivity contribution in [2.75, 3.05) is 16.8 Å². The van der Waals surface area contributed by atoms with Gasteiger partial charge in [-0.15, -0.1) is 0 Å². The molecule has 88 valence electrons. The zero-order chi connectivity index (χ0) is 11.4. The van der Waals surface area contributed by atoms with Gasteiger partial charge in [-0.1, -0.05) is 28.8 Å². The number of halogens is 2. The highest BCUT2D eigenvalue weighted by molar-refractivity contribution is 9.09. The highest BCUT2D eigenvalue weighted by Crippen LogP contribution is 2.28. The Morgan fingerprint density at radius 3 is 2.81 bits per heavy atom. The minimum atomic E-state index is -0.213. The summed E-state index contributed by atoms with van der Waals surface area (Å²) >= 11 is 3.43. The largest absolute Gasteiger partial charge is 0.350 e. The van der Waals surface area contributed by atoms with Crippen molar-refractivity contribution >= 4 is 21.7 Å². The number of hydrogen-bond donors (Lipinski definition) is 0. The maximum Gasteiger partial charge on any atom is 0.165 e. The van der Waals surface area contributed by atoms with Crippen LogP contribution in [0.1, 0.15) is 25.7 Å². The zero-order valence-corrected chi connectivity index (χ0v) is 10.8. The van der Waals surface area contributed by atoms with Crippen LogP contribution in [0, 0.1) is 5.82 Å². The molecule has 0 saturated heterocycles. The van der Waals surface area contributed by atoms with E-state index in [2.05, 4.69) is 25.8 Å². The quantitative estimate of drug-likeness (QED) is 0.789. The van der Waals surface area contributed by atoms with Gasteiger partial charge in [0.1, 0.15) is 0 Å². The summed E-state index contributed by atoms with van der Waals surface area (Å²) in [6, 6.07) is 3.58. The van der Waals surface area contributed by atoms with E-state index >= 15 is 0 Å². The number of anilines is 1. The number of alkyl halides is 1. The van der Waals surface area contributed by atoms with Crippen molar-refractivity contribution in [3.8, 4) is 0 Å². The Hall–Kier alpha value is -0.640. The van der Waals surface area contributed by atoms with Crippen molar-refractivity contribution in [1.82, 2.24) is 4.98 Å². The van der Waals surface area contributed by atoms with Gasteiger partial charge in [-0.3, -0.25) is 0 Å². The van der Waals surface area contributed by atoms with Crippen LogP contribution in [0.15, 0.2) is 18.3 Å². The van der Waals surface area contributed by atoms with E-state index in [1.807, 2.05) is 0 Å². The van der Waals surface area contributed by atoms with Gasteiger partial charge in [0, 0.05) is 24.1 Å². The monoisotopic (exact) mass is 286 g/mol. The van der Waals surface area contributed by atoms with Crippen LogP contribution in [0.3, 0.4) is 0 Å². The fourth-order valence-electron chi connectivity index (χ4n) is 2.36. The molecule has 0 radical (unpaired) electrons. The molecule has 0 aliphatic heterocycles. The lowest BCUT2D eigenvalue weighted by atomic mass is 10.2. The molecule has 1 fully saturated rings. The normalized spacial score (nSPS) is 16.6. The Bertz CT molecular complexity index is 340. The van der Waals surface area contributed by atoms with Crippen LogP contribution >= 0.6 is 15.9 Å². The van der Waals surface area contributed by atoms with Gasteiger partial charge >= 0.3 is 0 Å². The molecule has 4 heteroatoms.